The predicted molar refractivity (Wildman–Crippen MR) is 60.7 cm³/mol. The zero-order valence-electron chi connectivity index (χ0n) is 9.65. The number of amides is 1. The Morgan fingerprint density at radius 1 is 1.12 bits per heavy atom. The summed E-state index contributed by atoms with van der Waals surface area (Å²) in [4.78, 5) is 25.0. The highest BCUT2D eigenvalue weighted by atomic mass is 16.1. The van der Waals surface area contributed by atoms with E-state index in [4.69, 9.17) is 5.73 Å². The number of ketones is 1. The molecule has 16 heavy (non-hydrogen) atoms. The van der Waals surface area contributed by atoms with Gasteiger partial charge in [-0.25, -0.2) is 0 Å². The second-order valence-electron chi connectivity index (χ2n) is 5.07. The van der Waals surface area contributed by atoms with Crippen LogP contribution in [0.3, 0.4) is 0 Å². The first-order valence-corrected chi connectivity index (χ1v) is 6.21. The van der Waals surface area contributed by atoms with Gasteiger partial charge in [-0.2, -0.15) is 0 Å². The van der Waals surface area contributed by atoms with Gasteiger partial charge in [0.2, 0.25) is 5.91 Å². The van der Waals surface area contributed by atoms with Crippen LogP contribution in [0.4, 0.5) is 0 Å². The summed E-state index contributed by atoms with van der Waals surface area (Å²) in [5, 5.41) is 0. The van der Waals surface area contributed by atoms with Gasteiger partial charge >= 0.3 is 0 Å². The van der Waals surface area contributed by atoms with Crippen molar-refractivity contribution in [3.05, 3.63) is 0 Å². The number of carbonyl (C=O) groups is 2. The minimum atomic E-state index is -0.226. The lowest BCUT2D eigenvalue weighted by Gasteiger charge is -2.16. The molecule has 0 aromatic rings. The zero-order chi connectivity index (χ0) is 11.5. The third kappa shape index (κ3) is 2.61. The van der Waals surface area contributed by atoms with Gasteiger partial charge in [-0.15, -0.1) is 0 Å². The quantitative estimate of drug-likeness (QED) is 0.758. The molecular weight excluding hydrogens is 204 g/mol. The fourth-order valence-electron chi connectivity index (χ4n) is 2.81. The molecule has 4 nitrogen and oxygen atoms in total. The van der Waals surface area contributed by atoms with Crippen molar-refractivity contribution in [2.24, 2.45) is 17.6 Å². The monoisotopic (exact) mass is 224 g/mol. The minimum Gasteiger partial charge on any atom is -0.369 e. The van der Waals surface area contributed by atoms with Crippen LogP contribution in [-0.2, 0) is 9.59 Å². The number of Topliss-reactive ketones (excluding diaryl/α,β-unsaturated/α-hetero) is 1. The molecule has 1 unspecified atom stereocenters. The van der Waals surface area contributed by atoms with Gasteiger partial charge in [0.1, 0.15) is 5.78 Å². The summed E-state index contributed by atoms with van der Waals surface area (Å²) in [5.74, 6) is 0.377. The normalized spacial score (nSPS) is 27.4. The average molecular weight is 224 g/mol. The Labute approximate surface area is 96.2 Å². The molecule has 0 aromatic heterocycles. The van der Waals surface area contributed by atoms with Crippen LogP contribution in [0.2, 0.25) is 0 Å². The number of nitrogens with two attached hydrogens (primary N) is 1. The van der Waals surface area contributed by atoms with Crippen molar-refractivity contribution < 1.29 is 9.59 Å². The molecule has 0 spiro atoms. The number of carbonyl (C=O) groups excluding carboxylic acids is 2. The third-order valence-electron chi connectivity index (χ3n) is 3.86. The van der Waals surface area contributed by atoms with Crippen molar-refractivity contribution in [1.29, 1.82) is 0 Å². The number of nitrogens with zero attached hydrogens (tertiary/aromatic N) is 1. The van der Waals surface area contributed by atoms with Gasteiger partial charge in [0.15, 0.2) is 0 Å². The van der Waals surface area contributed by atoms with Crippen LogP contribution in [0.5, 0.6) is 0 Å². The topological polar surface area (TPSA) is 63.4 Å². The first kappa shape index (κ1) is 11.6. The Morgan fingerprint density at radius 2 is 1.81 bits per heavy atom. The summed E-state index contributed by atoms with van der Waals surface area (Å²) in [6.45, 7) is 2.04. The second kappa shape index (κ2) is 4.95. The van der Waals surface area contributed by atoms with E-state index in [1.807, 2.05) is 0 Å². The summed E-state index contributed by atoms with van der Waals surface area (Å²) in [5.41, 5.74) is 5.26. The van der Waals surface area contributed by atoms with Crippen molar-refractivity contribution >= 4 is 11.7 Å². The summed E-state index contributed by atoms with van der Waals surface area (Å²) in [7, 11) is 0. The van der Waals surface area contributed by atoms with E-state index in [1.165, 1.54) is 12.8 Å². The molecule has 1 aliphatic carbocycles. The average Bonchev–Trinajstić information content (AvgIpc) is 2.87. The highest BCUT2D eigenvalue weighted by Gasteiger charge is 2.30. The molecule has 1 amide bonds. The summed E-state index contributed by atoms with van der Waals surface area (Å²) >= 11 is 0. The highest BCUT2D eigenvalue weighted by molar-refractivity contribution is 5.83. The number of rotatable bonds is 4. The molecule has 1 heterocycles. The maximum Gasteiger partial charge on any atom is 0.221 e. The van der Waals surface area contributed by atoms with Crippen LogP contribution >= 0.6 is 0 Å². The minimum absolute atomic E-state index is 0.0450. The second-order valence-corrected chi connectivity index (χ2v) is 5.07. The van der Waals surface area contributed by atoms with E-state index < -0.39 is 0 Å². The van der Waals surface area contributed by atoms with E-state index >= 15 is 0 Å². The van der Waals surface area contributed by atoms with Crippen LogP contribution in [0.25, 0.3) is 0 Å². The van der Waals surface area contributed by atoms with Crippen LogP contribution in [-0.4, -0.2) is 36.2 Å². The van der Waals surface area contributed by atoms with Crippen LogP contribution in [0, 0.1) is 11.8 Å². The van der Waals surface area contributed by atoms with Gasteiger partial charge in [-0.3, -0.25) is 14.5 Å². The first-order valence-electron chi connectivity index (χ1n) is 6.21. The summed E-state index contributed by atoms with van der Waals surface area (Å²) in [6.07, 6.45) is 5.33. The molecule has 4 heteroatoms. The van der Waals surface area contributed by atoms with E-state index in [9.17, 15) is 9.59 Å². The van der Waals surface area contributed by atoms with E-state index in [2.05, 4.69) is 4.90 Å². The van der Waals surface area contributed by atoms with Gasteiger partial charge in [-0.05, 0) is 25.8 Å². The smallest absolute Gasteiger partial charge is 0.221 e. The van der Waals surface area contributed by atoms with Crippen LogP contribution in [0.1, 0.15) is 32.1 Å². The molecule has 1 atom stereocenters. The molecule has 0 aromatic carbocycles. The van der Waals surface area contributed by atoms with E-state index in [-0.39, 0.29) is 17.7 Å². The molecule has 2 fully saturated rings. The van der Waals surface area contributed by atoms with Gasteiger partial charge in [-0.1, -0.05) is 12.8 Å². The van der Waals surface area contributed by atoms with E-state index in [0.29, 0.717) is 18.9 Å². The summed E-state index contributed by atoms with van der Waals surface area (Å²) in [6, 6.07) is 0. The largest absolute Gasteiger partial charge is 0.369 e. The fraction of sp³-hybridized carbons (Fsp3) is 0.833. The van der Waals surface area contributed by atoms with Gasteiger partial charge < -0.3 is 5.73 Å². The van der Waals surface area contributed by atoms with E-state index in [1.54, 1.807) is 0 Å². The predicted octanol–water partition coefficient (Wildman–Crippen LogP) is 0.553. The SMILES string of the molecule is NC(=O)C1CCN(CC(=O)C2CCCC2)C1. The molecule has 0 bridgehead atoms. The maximum atomic E-state index is 11.9. The highest BCUT2D eigenvalue weighted by Crippen LogP contribution is 2.26. The van der Waals surface area contributed by atoms with Crippen molar-refractivity contribution in [2.45, 2.75) is 32.1 Å². The number of likely N-dealkylation sites (tertiary alicyclic amines) is 1. The number of hydrogen-bond acceptors (Lipinski definition) is 3. The Bertz CT molecular complexity index is 285. The van der Waals surface area contributed by atoms with Crippen LogP contribution < -0.4 is 5.73 Å². The van der Waals surface area contributed by atoms with Crippen molar-refractivity contribution in [3.63, 3.8) is 0 Å². The first-order chi connectivity index (χ1) is 7.66. The molecule has 0 radical (unpaired) electrons. The van der Waals surface area contributed by atoms with Gasteiger partial charge in [0, 0.05) is 12.5 Å². The lowest BCUT2D eigenvalue weighted by atomic mass is 10.0. The number of hydrogen-bond donors (Lipinski definition) is 1. The summed E-state index contributed by atoms with van der Waals surface area (Å²) < 4.78 is 0. The molecule has 1 saturated carbocycles. The van der Waals surface area contributed by atoms with Gasteiger partial charge in [0.05, 0.1) is 12.5 Å². The molecule has 2 N–H and O–H groups in total. The Hall–Kier alpha value is -0.900. The Kier molecular flexibility index (Phi) is 3.59. The Morgan fingerprint density at radius 3 is 2.38 bits per heavy atom. The third-order valence-corrected chi connectivity index (χ3v) is 3.86. The molecule has 90 valence electrons. The standard InChI is InChI=1S/C12H20N2O2/c13-12(16)10-5-6-14(7-10)8-11(15)9-3-1-2-4-9/h9-10H,1-8H2,(H2,13,16). The lowest BCUT2D eigenvalue weighted by Crippen LogP contribution is -2.33. The van der Waals surface area contributed by atoms with E-state index in [0.717, 1.165) is 25.8 Å². The lowest BCUT2D eigenvalue weighted by molar-refractivity contribution is -0.124. The van der Waals surface area contributed by atoms with Crippen LogP contribution in [0.15, 0.2) is 0 Å². The van der Waals surface area contributed by atoms with Crippen molar-refractivity contribution in [3.8, 4) is 0 Å². The molecule has 2 rings (SSSR count). The van der Waals surface area contributed by atoms with Crippen molar-refractivity contribution in [1.82, 2.24) is 4.90 Å². The van der Waals surface area contributed by atoms with Crippen molar-refractivity contribution in [2.75, 3.05) is 19.6 Å². The molecule has 2 aliphatic rings. The molecule has 1 aliphatic heterocycles. The number of primary amides is 1. The molecule has 1 saturated heterocycles. The van der Waals surface area contributed by atoms with Gasteiger partial charge in [0.25, 0.3) is 0 Å². The maximum absolute atomic E-state index is 11.9. The zero-order valence-corrected chi connectivity index (χ0v) is 9.65. The fourth-order valence-corrected chi connectivity index (χ4v) is 2.81. The molecular formula is C12H20N2O2. The Balaban J connectivity index is 1.78.